The smallest absolute Gasteiger partial charge is 0.223 e. The topological polar surface area (TPSA) is 44.9 Å². The fourth-order valence-corrected chi connectivity index (χ4v) is 1.48. The van der Waals surface area contributed by atoms with Gasteiger partial charge in [0.1, 0.15) is 0 Å². The lowest BCUT2D eigenvalue weighted by Crippen LogP contribution is -2.24. The van der Waals surface area contributed by atoms with Crippen molar-refractivity contribution in [2.75, 3.05) is 0 Å². The minimum absolute atomic E-state index is 0.196. The van der Waals surface area contributed by atoms with Crippen LogP contribution in [0.2, 0.25) is 0 Å². The van der Waals surface area contributed by atoms with Gasteiger partial charge in [0, 0.05) is 17.8 Å². The minimum atomic E-state index is 0.196. The van der Waals surface area contributed by atoms with Crippen molar-refractivity contribution in [3.8, 4) is 0 Å². The third-order valence-electron chi connectivity index (χ3n) is 2.56. The number of carbonyl (C=O) groups is 1. The summed E-state index contributed by atoms with van der Waals surface area (Å²) in [4.78, 5) is 14.4. The summed E-state index contributed by atoms with van der Waals surface area (Å²) in [5, 5.41) is 2.91. The van der Waals surface area contributed by atoms with Crippen molar-refractivity contribution >= 4 is 5.91 Å². The number of rotatable bonds is 3. The molecule has 0 bridgehead atoms. The van der Waals surface area contributed by atoms with E-state index in [1.165, 1.54) is 0 Å². The first kappa shape index (κ1) is 8.35. The van der Waals surface area contributed by atoms with Crippen LogP contribution in [-0.2, 0) is 11.3 Å². The number of aromatic amines is 1. The maximum atomic E-state index is 11.4. The summed E-state index contributed by atoms with van der Waals surface area (Å²) in [5.41, 5.74) is 1.06. The molecule has 1 amide bonds. The van der Waals surface area contributed by atoms with Gasteiger partial charge in [-0.2, -0.15) is 0 Å². The molecule has 1 heterocycles. The van der Waals surface area contributed by atoms with E-state index in [0.29, 0.717) is 12.5 Å². The van der Waals surface area contributed by atoms with Crippen LogP contribution in [0.4, 0.5) is 0 Å². The van der Waals surface area contributed by atoms with Crippen LogP contribution in [0.1, 0.15) is 19.0 Å². The van der Waals surface area contributed by atoms with E-state index >= 15 is 0 Å². The first-order valence-corrected chi connectivity index (χ1v) is 4.67. The van der Waals surface area contributed by atoms with Gasteiger partial charge in [0.2, 0.25) is 5.91 Å². The Balaban J connectivity index is 1.77. The number of nitrogens with one attached hydrogen (secondary N) is 2. The van der Waals surface area contributed by atoms with E-state index in [9.17, 15) is 4.79 Å². The predicted octanol–water partition coefficient (Wildman–Crippen LogP) is 1.29. The van der Waals surface area contributed by atoms with Gasteiger partial charge >= 0.3 is 0 Å². The van der Waals surface area contributed by atoms with Crippen LogP contribution < -0.4 is 5.32 Å². The normalized spacial score (nSPS) is 25.6. The summed E-state index contributed by atoms with van der Waals surface area (Å²) >= 11 is 0. The highest BCUT2D eigenvalue weighted by Crippen LogP contribution is 2.37. The maximum Gasteiger partial charge on any atom is 0.223 e. The summed E-state index contributed by atoms with van der Waals surface area (Å²) in [7, 11) is 0. The first-order chi connectivity index (χ1) is 6.27. The van der Waals surface area contributed by atoms with Gasteiger partial charge in [-0.25, -0.2) is 0 Å². The first-order valence-electron chi connectivity index (χ1n) is 4.67. The third kappa shape index (κ3) is 1.91. The molecule has 0 spiro atoms. The molecule has 0 saturated heterocycles. The average molecular weight is 178 g/mol. The molecule has 13 heavy (non-hydrogen) atoms. The zero-order chi connectivity index (χ0) is 9.26. The Morgan fingerprint density at radius 2 is 2.54 bits per heavy atom. The number of aromatic nitrogens is 1. The zero-order valence-electron chi connectivity index (χ0n) is 7.71. The van der Waals surface area contributed by atoms with Crippen LogP contribution >= 0.6 is 0 Å². The molecule has 1 aliphatic carbocycles. The number of carbonyl (C=O) groups excluding carboxylic acids is 1. The van der Waals surface area contributed by atoms with Crippen LogP contribution in [0.5, 0.6) is 0 Å². The monoisotopic (exact) mass is 178 g/mol. The van der Waals surface area contributed by atoms with Crippen LogP contribution in [-0.4, -0.2) is 10.9 Å². The van der Waals surface area contributed by atoms with E-state index in [-0.39, 0.29) is 11.8 Å². The lowest BCUT2D eigenvalue weighted by Gasteiger charge is -2.01. The molecule has 3 heteroatoms. The summed E-state index contributed by atoms with van der Waals surface area (Å²) in [6.07, 6.45) is 2.91. The van der Waals surface area contributed by atoms with Gasteiger partial charge in [-0.05, 0) is 24.5 Å². The molecule has 1 aliphatic rings. The largest absolute Gasteiger partial charge is 0.364 e. The summed E-state index contributed by atoms with van der Waals surface area (Å²) in [5.74, 6) is 1.06. The Morgan fingerprint density at radius 1 is 1.77 bits per heavy atom. The average Bonchev–Trinajstić information content (AvgIpc) is 2.68. The highest BCUT2D eigenvalue weighted by molar-refractivity contribution is 5.81. The van der Waals surface area contributed by atoms with Crippen molar-refractivity contribution in [1.82, 2.24) is 10.3 Å². The number of hydrogen-bond donors (Lipinski definition) is 2. The van der Waals surface area contributed by atoms with E-state index in [0.717, 1.165) is 12.1 Å². The Bertz CT molecular complexity index is 292. The van der Waals surface area contributed by atoms with Gasteiger partial charge in [-0.3, -0.25) is 4.79 Å². The molecule has 0 aliphatic heterocycles. The van der Waals surface area contributed by atoms with Crippen LogP contribution in [0.25, 0.3) is 0 Å². The number of amides is 1. The van der Waals surface area contributed by atoms with E-state index in [1.807, 2.05) is 18.3 Å². The molecule has 2 N–H and O–H groups in total. The van der Waals surface area contributed by atoms with Crippen LogP contribution in [0, 0.1) is 11.8 Å². The Kier molecular flexibility index (Phi) is 2.08. The van der Waals surface area contributed by atoms with Crippen molar-refractivity contribution in [2.45, 2.75) is 19.9 Å². The van der Waals surface area contributed by atoms with E-state index in [4.69, 9.17) is 0 Å². The standard InChI is InChI=1S/C10H14N2O/c1-7-5-9(7)10(13)12-6-8-3-2-4-11-8/h2-4,7,9,11H,5-6H2,1H3,(H,12,13)/t7-,9-/m0/s1. The van der Waals surface area contributed by atoms with Crippen molar-refractivity contribution in [3.05, 3.63) is 24.0 Å². The maximum absolute atomic E-state index is 11.4. The van der Waals surface area contributed by atoms with Crippen LogP contribution in [0.3, 0.4) is 0 Å². The molecule has 2 atom stereocenters. The molecule has 0 aromatic carbocycles. The number of hydrogen-bond acceptors (Lipinski definition) is 1. The molecule has 1 aromatic rings. The third-order valence-corrected chi connectivity index (χ3v) is 2.56. The van der Waals surface area contributed by atoms with E-state index < -0.39 is 0 Å². The van der Waals surface area contributed by atoms with Gasteiger partial charge in [-0.15, -0.1) is 0 Å². The van der Waals surface area contributed by atoms with Gasteiger partial charge in [0.05, 0.1) is 6.54 Å². The number of H-pyrrole nitrogens is 1. The van der Waals surface area contributed by atoms with Gasteiger partial charge in [-0.1, -0.05) is 6.92 Å². The molecule has 70 valence electrons. The van der Waals surface area contributed by atoms with Crippen molar-refractivity contribution in [3.63, 3.8) is 0 Å². The molecule has 2 rings (SSSR count). The lowest BCUT2D eigenvalue weighted by molar-refractivity contribution is -0.122. The van der Waals surface area contributed by atoms with Crippen molar-refractivity contribution in [2.24, 2.45) is 11.8 Å². The fraction of sp³-hybridized carbons (Fsp3) is 0.500. The SMILES string of the molecule is C[C@H]1C[C@@H]1C(=O)NCc1ccc[nH]1. The van der Waals surface area contributed by atoms with Gasteiger partial charge < -0.3 is 10.3 Å². The second kappa shape index (κ2) is 3.24. The predicted molar refractivity (Wildman–Crippen MR) is 49.9 cm³/mol. The zero-order valence-corrected chi connectivity index (χ0v) is 7.71. The van der Waals surface area contributed by atoms with Crippen molar-refractivity contribution in [1.29, 1.82) is 0 Å². The second-order valence-electron chi connectivity index (χ2n) is 3.73. The molecule has 3 nitrogen and oxygen atoms in total. The Labute approximate surface area is 77.5 Å². The molecule has 1 aromatic heterocycles. The highest BCUT2D eigenvalue weighted by Gasteiger charge is 2.38. The van der Waals surface area contributed by atoms with Gasteiger partial charge in [0.25, 0.3) is 0 Å². The summed E-state index contributed by atoms with van der Waals surface area (Å²) in [6.45, 7) is 2.73. The summed E-state index contributed by atoms with van der Waals surface area (Å²) < 4.78 is 0. The Morgan fingerprint density at radius 3 is 3.08 bits per heavy atom. The Hall–Kier alpha value is -1.25. The molecule has 0 unspecified atom stereocenters. The van der Waals surface area contributed by atoms with Crippen LogP contribution in [0.15, 0.2) is 18.3 Å². The minimum Gasteiger partial charge on any atom is -0.364 e. The highest BCUT2D eigenvalue weighted by atomic mass is 16.2. The van der Waals surface area contributed by atoms with Gasteiger partial charge in [0.15, 0.2) is 0 Å². The molecule has 1 fully saturated rings. The second-order valence-corrected chi connectivity index (χ2v) is 3.73. The fourth-order valence-electron chi connectivity index (χ4n) is 1.48. The van der Waals surface area contributed by atoms with E-state index in [1.54, 1.807) is 0 Å². The molecule has 0 radical (unpaired) electrons. The van der Waals surface area contributed by atoms with Crippen molar-refractivity contribution < 1.29 is 4.79 Å². The summed E-state index contributed by atoms with van der Waals surface area (Å²) in [6, 6.07) is 3.90. The molecule has 1 saturated carbocycles. The quantitative estimate of drug-likeness (QED) is 0.719. The van der Waals surface area contributed by atoms with E-state index in [2.05, 4.69) is 17.2 Å². The molecular weight excluding hydrogens is 164 g/mol. The molecular formula is C10H14N2O. The lowest BCUT2D eigenvalue weighted by atomic mass is 10.3.